The van der Waals surface area contributed by atoms with E-state index >= 15 is 0 Å². The fourth-order valence-electron chi connectivity index (χ4n) is 4.16. The SMILES string of the molecule is Cc1ccc(C)c(C(O)=C2C(=O)C(=O)N(CCc3ccccc3)C2c2ccccc2F)c1. The third-order valence-electron chi connectivity index (χ3n) is 5.87. The average molecular weight is 429 g/mol. The molecular formula is C27H24FNO3. The van der Waals surface area contributed by atoms with Gasteiger partial charge in [-0.15, -0.1) is 0 Å². The van der Waals surface area contributed by atoms with Gasteiger partial charge in [-0.1, -0.05) is 66.2 Å². The average Bonchev–Trinajstić information content (AvgIpc) is 3.04. The van der Waals surface area contributed by atoms with Crippen molar-refractivity contribution in [2.45, 2.75) is 26.3 Å². The van der Waals surface area contributed by atoms with Crippen LogP contribution in [0.4, 0.5) is 4.39 Å². The molecule has 1 aliphatic heterocycles. The zero-order valence-corrected chi connectivity index (χ0v) is 18.0. The molecule has 3 aromatic carbocycles. The Hall–Kier alpha value is -3.73. The van der Waals surface area contributed by atoms with Crippen LogP contribution < -0.4 is 0 Å². The van der Waals surface area contributed by atoms with Gasteiger partial charge in [0.05, 0.1) is 11.6 Å². The summed E-state index contributed by atoms with van der Waals surface area (Å²) in [7, 11) is 0. The maximum absolute atomic E-state index is 14.9. The van der Waals surface area contributed by atoms with E-state index in [1.165, 1.54) is 11.0 Å². The van der Waals surface area contributed by atoms with Crippen LogP contribution in [0.3, 0.4) is 0 Å². The Morgan fingerprint density at radius 2 is 1.66 bits per heavy atom. The first kappa shape index (κ1) is 21.5. The number of hydrogen-bond donors (Lipinski definition) is 1. The summed E-state index contributed by atoms with van der Waals surface area (Å²) in [4.78, 5) is 27.5. The summed E-state index contributed by atoms with van der Waals surface area (Å²) < 4.78 is 14.9. The number of carbonyl (C=O) groups excluding carboxylic acids is 2. The number of benzene rings is 3. The zero-order valence-electron chi connectivity index (χ0n) is 18.0. The van der Waals surface area contributed by atoms with Crippen molar-refractivity contribution in [2.24, 2.45) is 0 Å². The Kier molecular flexibility index (Phi) is 5.91. The van der Waals surface area contributed by atoms with Crippen LogP contribution in [0.2, 0.25) is 0 Å². The van der Waals surface area contributed by atoms with Gasteiger partial charge < -0.3 is 10.0 Å². The molecule has 3 aromatic rings. The lowest BCUT2D eigenvalue weighted by molar-refractivity contribution is -0.139. The number of halogens is 1. The molecule has 1 fully saturated rings. The van der Waals surface area contributed by atoms with E-state index in [-0.39, 0.29) is 23.4 Å². The number of amides is 1. The quantitative estimate of drug-likeness (QED) is 0.348. The Balaban J connectivity index is 1.84. The lowest BCUT2D eigenvalue weighted by Gasteiger charge is -2.26. The monoisotopic (exact) mass is 429 g/mol. The van der Waals surface area contributed by atoms with Gasteiger partial charge in [-0.05, 0) is 43.5 Å². The Morgan fingerprint density at radius 1 is 0.969 bits per heavy atom. The highest BCUT2D eigenvalue weighted by atomic mass is 19.1. The molecule has 0 bridgehead atoms. The van der Waals surface area contributed by atoms with E-state index in [0.717, 1.165) is 16.7 Å². The third-order valence-corrected chi connectivity index (χ3v) is 5.87. The maximum atomic E-state index is 14.9. The van der Waals surface area contributed by atoms with Gasteiger partial charge in [0, 0.05) is 17.7 Å². The Bertz CT molecular complexity index is 1220. The van der Waals surface area contributed by atoms with Crippen molar-refractivity contribution in [1.29, 1.82) is 0 Å². The second kappa shape index (κ2) is 8.79. The van der Waals surface area contributed by atoms with Crippen LogP contribution in [-0.2, 0) is 16.0 Å². The van der Waals surface area contributed by atoms with Gasteiger partial charge in [0.2, 0.25) is 0 Å². The molecule has 1 saturated heterocycles. The smallest absolute Gasteiger partial charge is 0.295 e. The second-order valence-electron chi connectivity index (χ2n) is 8.07. The van der Waals surface area contributed by atoms with E-state index in [0.29, 0.717) is 12.0 Å². The summed E-state index contributed by atoms with van der Waals surface area (Å²) in [6, 6.07) is 20.1. The molecule has 1 heterocycles. The molecule has 32 heavy (non-hydrogen) atoms. The molecule has 5 heteroatoms. The normalized spacial score (nSPS) is 17.7. The van der Waals surface area contributed by atoms with Crippen molar-refractivity contribution >= 4 is 17.4 Å². The minimum absolute atomic E-state index is 0.0816. The Labute approximate surface area is 186 Å². The van der Waals surface area contributed by atoms with Gasteiger partial charge in [-0.2, -0.15) is 0 Å². The summed E-state index contributed by atoms with van der Waals surface area (Å²) in [5.41, 5.74) is 3.23. The van der Waals surface area contributed by atoms with Crippen molar-refractivity contribution in [3.05, 3.63) is 112 Å². The molecule has 1 unspecified atom stereocenters. The number of nitrogens with zero attached hydrogens (tertiary/aromatic N) is 1. The zero-order chi connectivity index (χ0) is 22.8. The van der Waals surface area contributed by atoms with Gasteiger partial charge in [0.1, 0.15) is 11.6 Å². The highest BCUT2D eigenvalue weighted by Crippen LogP contribution is 2.40. The van der Waals surface area contributed by atoms with E-state index in [4.69, 9.17) is 0 Å². The van der Waals surface area contributed by atoms with E-state index in [9.17, 15) is 19.1 Å². The van der Waals surface area contributed by atoms with Crippen LogP contribution in [-0.4, -0.2) is 28.2 Å². The maximum Gasteiger partial charge on any atom is 0.295 e. The van der Waals surface area contributed by atoms with Gasteiger partial charge in [0.15, 0.2) is 0 Å². The summed E-state index contributed by atoms with van der Waals surface area (Å²) in [6.45, 7) is 3.91. The summed E-state index contributed by atoms with van der Waals surface area (Å²) in [5.74, 6) is -2.35. The molecule has 4 nitrogen and oxygen atoms in total. The number of ketones is 1. The van der Waals surface area contributed by atoms with Crippen LogP contribution in [0, 0.1) is 19.7 Å². The molecule has 1 atom stereocenters. The highest BCUT2D eigenvalue weighted by molar-refractivity contribution is 6.46. The standard InChI is InChI=1S/C27H24FNO3/c1-17-12-13-18(2)21(16-17)25(30)23-24(20-10-6-7-11-22(20)28)29(27(32)26(23)31)15-14-19-8-4-3-5-9-19/h3-13,16,24,30H,14-15H2,1-2H3. The minimum Gasteiger partial charge on any atom is -0.507 e. The first-order valence-corrected chi connectivity index (χ1v) is 10.5. The molecule has 1 aliphatic rings. The van der Waals surface area contributed by atoms with Crippen LogP contribution in [0.15, 0.2) is 78.4 Å². The van der Waals surface area contributed by atoms with Crippen molar-refractivity contribution in [3.63, 3.8) is 0 Å². The molecule has 1 N–H and O–H groups in total. The fraction of sp³-hybridized carbons (Fsp3) is 0.185. The van der Waals surface area contributed by atoms with E-state index in [2.05, 4.69) is 0 Å². The molecule has 1 amide bonds. The van der Waals surface area contributed by atoms with Crippen molar-refractivity contribution in [2.75, 3.05) is 6.54 Å². The van der Waals surface area contributed by atoms with Crippen molar-refractivity contribution in [3.8, 4) is 0 Å². The number of carbonyl (C=O) groups is 2. The molecule has 0 aliphatic carbocycles. The molecule has 0 radical (unpaired) electrons. The van der Waals surface area contributed by atoms with Gasteiger partial charge in [0.25, 0.3) is 11.7 Å². The van der Waals surface area contributed by atoms with Crippen LogP contribution in [0.1, 0.15) is 33.9 Å². The number of aryl methyl sites for hydroxylation is 2. The first-order chi connectivity index (χ1) is 15.4. The van der Waals surface area contributed by atoms with Gasteiger partial charge in [-0.3, -0.25) is 9.59 Å². The predicted molar refractivity (Wildman–Crippen MR) is 121 cm³/mol. The number of aliphatic hydroxyl groups is 1. The van der Waals surface area contributed by atoms with Crippen LogP contribution >= 0.6 is 0 Å². The topological polar surface area (TPSA) is 57.6 Å². The predicted octanol–water partition coefficient (Wildman–Crippen LogP) is 5.11. The summed E-state index contributed by atoms with van der Waals surface area (Å²) >= 11 is 0. The number of Topliss-reactive ketones (excluding diaryl/α,β-unsaturated/α-hetero) is 1. The molecule has 0 spiro atoms. The van der Waals surface area contributed by atoms with Crippen molar-refractivity contribution < 1.29 is 19.1 Å². The second-order valence-corrected chi connectivity index (χ2v) is 8.07. The van der Waals surface area contributed by atoms with Gasteiger partial charge >= 0.3 is 0 Å². The highest BCUT2D eigenvalue weighted by Gasteiger charge is 2.46. The molecular weight excluding hydrogens is 405 g/mol. The largest absolute Gasteiger partial charge is 0.507 e. The lowest BCUT2D eigenvalue weighted by atomic mass is 9.93. The van der Waals surface area contributed by atoms with Crippen LogP contribution in [0.5, 0.6) is 0 Å². The summed E-state index contributed by atoms with van der Waals surface area (Å²) in [5, 5.41) is 11.2. The summed E-state index contributed by atoms with van der Waals surface area (Å²) in [6.07, 6.45) is 0.502. The molecule has 4 rings (SSSR count). The first-order valence-electron chi connectivity index (χ1n) is 10.5. The lowest BCUT2D eigenvalue weighted by Crippen LogP contribution is -2.32. The minimum atomic E-state index is -1.00. The molecule has 162 valence electrons. The molecule has 0 aromatic heterocycles. The van der Waals surface area contributed by atoms with Crippen molar-refractivity contribution in [1.82, 2.24) is 4.90 Å². The van der Waals surface area contributed by atoms with Gasteiger partial charge in [-0.25, -0.2) is 4.39 Å². The number of rotatable bonds is 5. The molecule has 0 saturated carbocycles. The van der Waals surface area contributed by atoms with E-state index in [1.54, 1.807) is 24.3 Å². The number of aliphatic hydroxyl groups excluding tert-OH is 1. The van der Waals surface area contributed by atoms with E-state index in [1.807, 2.05) is 56.3 Å². The number of likely N-dealkylation sites (tertiary alicyclic amines) is 1. The third kappa shape index (κ3) is 3.94. The fourth-order valence-corrected chi connectivity index (χ4v) is 4.16. The van der Waals surface area contributed by atoms with Crippen LogP contribution in [0.25, 0.3) is 5.76 Å². The Morgan fingerprint density at radius 3 is 2.38 bits per heavy atom. The van der Waals surface area contributed by atoms with E-state index < -0.39 is 23.5 Å². The number of hydrogen-bond acceptors (Lipinski definition) is 3.